The van der Waals surface area contributed by atoms with Gasteiger partial charge >= 0.3 is 0 Å². The molecule has 0 radical (unpaired) electrons. The van der Waals surface area contributed by atoms with Crippen molar-refractivity contribution in [3.05, 3.63) is 72.5 Å². The molecule has 0 bridgehead atoms. The molecule has 5 heteroatoms. The Morgan fingerprint density at radius 2 is 1.60 bits per heavy atom. The lowest BCUT2D eigenvalue weighted by atomic mass is 10.0. The van der Waals surface area contributed by atoms with Crippen LogP contribution in [0, 0.1) is 5.82 Å². The first-order valence-corrected chi connectivity index (χ1v) is 8.02. The fourth-order valence-corrected chi connectivity index (χ4v) is 3.05. The van der Waals surface area contributed by atoms with Crippen LogP contribution in [-0.2, 0) is 7.05 Å². The van der Waals surface area contributed by atoms with Crippen LogP contribution in [0.3, 0.4) is 0 Å². The van der Waals surface area contributed by atoms with Crippen molar-refractivity contribution in [3.8, 4) is 11.4 Å². The van der Waals surface area contributed by atoms with Gasteiger partial charge in [0.1, 0.15) is 5.82 Å². The highest BCUT2D eigenvalue weighted by Crippen LogP contribution is 2.30. The first kappa shape index (κ1) is 15.3. The zero-order chi connectivity index (χ0) is 17.4. The molecule has 4 rings (SSSR count). The molecule has 0 aliphatic rings. The van der Waals surface area contributed by atoms with Gasteiger partial charge in [0.2, 0.25) is 5.95 Å². The Hall–Kier alpha value is -3.21. The van der Waals surface area contributed by atoms with Gasteiger partial charge in [0.15, 0.2) is 5.82 Å². The van der Waals surface area contributed by atoms with E-state index in [1.807, 2.05) is 47.8 Å². The van der Waals surface area contributed by atoms with Crippen LogP contribution in [0.15, 0.2) is 66.7 Å². The monoisotopic (exact) mass is 332 g/mol. The van der Waals surface area contributed by atoms with E-state index in [9.17, 15) is 4.39 Å². The molecule has 0 amide bonds. The van der Waals surface area contributed by atoms with Gasteiger partial charge in [-0.15, -0.1) is 10.2 Å². The third-order valence-corrected chi connectivity index (χ3v) is 4.40. The van der Waals surface area contributed by atoms with E-state index in [0.29, 0.717) is 5.95 Å². The van der Waals surface area contributed by atoms with Gasteiger partial charge in [-0.1, -0.05) is 42.5 Å². The van der Waals surface area contributed by atoms with Crippen LogP contribution >= 0.6 is 0 Å². The van der Waals surface area contributed by atoms with E-state index in [4.69, 9.17) is 0 Å². The second kappa shape index (κ2) is 6.02. The van der Waals surface area contributed by atoms with Crippen LogP contribution < -0.4 is 4.90 Å². The summed E-state index contributed by atoms with van der Waals surface area (Å²) in [5.41, 5.74) is 1.88. The second-order valence-electron chi connectivity index (χ2n) is 5.94. The summed E-state index contributed by atoms with van der Waals surface area (Å²) in [7, 11) is 3.83. The van der Waals surface area contributed by atoms with Gasteiger partial charge in [0, 0.05) is 25.3 Å². The topological polar surface area (TPSA) is 34.0 Å². The molecule has 0 atom stereocenters. The number of aromatic nitrogens is 3. The maximum atomic E-state index is 13.2. The van der Waals surface area contributed by atoms with Crippen LogP contribution in [0.4, 0.5) is 16.0 Å². The Morgan fingerprint density at radius 3 is 2.40 bits per heavy atom. The van der Waals surface area contributed by atoms with E-state index >= 15 is 0 Å². The van der Waals surface area contributed by atoms with Crippen LogP contribution in [0.25, 0.3) is 22.2 Å². The molecule has 3 aromatic carbocycles. The highest BCUT2D eigenvalue weighted by Gasteiger charge is 2.16. The van der Waals surface area contributed by atoms with Crippen LogP contribution in [-0.4, -0.2) is 21.8 Å². The van der Waals surface area contributed by atoms with Crippen molar-refractivity contribution in [1.82, 2.24) is 14.8 Å². The molecule has 4 nitrogen and oxygen atoms in total. The molecule has 25 heavy (non-hydrogen) atoms. The molecule has 0 spiro atoms. The van der Waals surface area contributed by atoms with Gasteiger partial charge < -0.3 is 4.90 Å². The number of fused-ring (bicyclic) bond motifs is 1. The van der Waals surface area contributed by atoms with Crippen LogP contribution in [0.1, 0.15) is 0 Å². The van der Waals surface area contributed by atoms with Gasteiger partial charge in [-0.05, 0) is 35.0 Å². The summed E-state index contributed by atoms with van der Waals surface area (Å²) in [5, 5.41) is 11.0. The zero-order valence-corrected chi connectivity index (χ0v) is 14.0. The molecule has 1 aromatic heterocycles. The molecule has 1 heterocycles. The van der Waals surface area contributed by atoms with E-state index in [-0.39, 0.29) is 5.82 Å². The fraction of sp³-hybridized carbons (Fsp3) is 0.100. The lowest BCUT2D eigenvalue weighted by molar-refractivity contribution is 0.628. The minimum atomic E-state index is -0.258. The van der Waals surface area contributed by atoms with E-state index in [2.05, 4.69) is 28.4 Å². The molecule has 4 aromatic rings. The van der Waals surface area contributed by atoms with Crippen molar-refractivity contribution in [2.24, 2.45) is 7.05 Å². The third kappa shape index (κ3) is 2.63. The third-order valence-electron chi connectivity index (χ3n) is 4.40. The Morgan fingerprint density at radius 1 is 0.880 bits per heavy atom. The van der Waals surface area contributed by atoms with Crippen molar-refractivity contribution >= 4 is 22.4 Å². The molecule has 0 aliphatic heterocycles. The molecule has 0 N–H and O–H groups in total. The van der Waals surface area contributed by atoms with E-state index in [0.717, 1.165) is 27.8 Å². The molecule has 0 saturated heterocycles. The largest absolute Gasteiger partial charge is 0.314 e. The number of nitrogens with zero attached hydrogens (tertiary/aromatic N) is 4. The first-order chi connectivity index (χ1) is 12.1. The summed E-state index contributed by atoms with van der Waals surface area (Å²) in [6.45, 7) is 0. The normalized spacial score (nSPS) is 11.0. The Bertz CT molecular complexity index is 1030. The van der Waals surface area contributed by atoms with Gasteiger partial charge in [-0.2, -0.15) is 0 Å². The summed E-state index contributed by atoms with van der Waals surface area (Å²) in [6, 6.07) is 20.7. The van der Waals surface area contributed by atoms with Gasteiger partial charge in [0.25, 0.3) is 0 Å². The van der Waals surface area contributed by atoms with Gasteiger partial charge in [0.05, 0.1) is 0 Å². The quantitative estimate of drug-likeness (QED) is 0.552. The van der Waals surface area contributed by atoms with Crippen molar-refractivity contribution in [3.63, 3.8) is 0 Å². The molecule has 0 unspecified atom stereocenters. The average molecular weight is 332 g/mol. The standard InChI is InChI=1S/C20H17FN4/c1-24(16-12-10-15(21)11-13-16)20-23-22-19(25(20)2)18-9-5-7-14-6-3-4-8-17(14)18/h3-13H,1-2H3. The molecule has 0 aliphatic carbocycles. The first-order valence-electron chi connectivity index (χ1n) is 8.02. The maximum Gasteiger partial charge on any atom is 0.231 e. The number of benzene rings is 3. The molecule has 0 saturated carbocycles. The van der Waals surface area contributed by atoms with E-state index in [1.165, 1.54) is 12.1 Å². The number of anilines is 2. The van der Waals surface area contributed by atoms with E-state index in [1.54, 1.807) is 12.1 Å². The van der Waals surface area contributed by atoms with Crippen molar-refractivity contribution in [2.75, 3.05) is 11.9 Å². The van der Waals surface area contributed by atoms with E-state index < -0.39 is 0 Å². The second-order valence-corrected chi connectivity index (χ2v) is 5.94. The predicted octanol–water partition coefficient (Wildman–Crippen LogP) is 4.54. The lowest BCUT2D eigenvalue weighted by Crippen LogP contribution is -2.14. The minimum Gasteiger partial charge on any atom is -0.314 e. The summed E-state index contributed by atoms with van der Waals surface area (Å²) >= 11 is 0. The summed E-state index contributed by atoms with van der Waals surface area (Å²) < 4.78 is 15.1. The highest BCUT2D eigenvalue weighted by molar-refractivity contribution is 5.95. The minimum absolute atomic E-state index is 0.258. The number of hydrogen-bond donors (Lipinski definition) is 0. The smallest absolute Gasteiger partial charge is 0.231 e. The number of hydrogen-bond acceptors (Lipinski definition) is 3. The summed E-state index contributed by atoms with van der Waals surface area (Å²) in [5.74, 6) is 1.22. The lowest BCUT2D eigenvalue weighted by Gasteiger charge is -2.18. The van der Waals surface area contributed by atoms with Crippen LogP contribution in [0.5, 0.6) is 0 Å². The summed E-state index contributed by atoms with van der Waals surface area (Å²) in [6.07, 6.45) is 0. The molecular weight excluding hydrogens is 315 g/mol. The van der Waals surface area contributed by atoms with Gasteiger partial charge in [-0.25, -0.2) is 4.39 Å². The van der Waals surface area contributed by atoms with Crippen LogP contribution in [0.2, 0.25) is 0 Å². The SMILES string of the molecule is CN(c1ccc(F)cc1)c1nnc(-c2cccc3ccccc23)n1C. The number of rotatable bonds is 3. The fourth-order valence-electron chi connectivity index (χ4n) is 3.05. The highest BCUT2D eigenvalue weighted by atomic mass is 19.1. The predicted molar refractivity (Wildman–Crippen MR) is 98.4 cm³/mol. The van der Waals surface area contributed by atoms with Crippen molar-refractivity contribution < 1.29 is 4.39 Å². The Balaban J connectivity index is 1.80. The Labute approximate surface area is 145 Å². The van der Waals surface area contributed by atoms with Gasteiger partial charge in [-0.3, -0.25) is 4.57 Å². The average Bonchev–Trinajstić information content (AvgIpc) is 3.02. The Kier molecular flexibility index (Phi) is 3.69. The molecule has 124 valence electrons. The number of halogens is 1. The zero-order valence-electron chi connectivity index (χ0n) is 14.0. The summed E-state index contributed by atoms with van der Waals surface area (Å²) in [4.78, 5) is 1.89. The molecular formula is C20H17FN4. The van der Waals surface area contributed by atoms with Crippen molar-refractivity contribution in [2.45, 2.75) is 0 Å². The maximum absolute atomic E-state index is 13.2. The molecule has 0 fully saturated rings. The van der Waals surface area contributed by atoms with Crippen molar-refractivity contribution in [1.29, 1.82) is 0 Å².